The Labute approximate surface area is 151 Å². The van der Waals surface area contributed by atoms with Gasteiger partial charge in [-0.2, -0.15) is 4.98 Å². The molecule has 1 N–H and O–H groups in total. The molecule has 0 saturated heterocycles. The molecule has 0 aliphatic rings. The van der Waals surface area contributed by atoms with E-state index in [2.05, 4.69) is 25.9 Å². The van der Waals surface area contributed by atoms with Crippen molar-refractivity contribution in [1.29, 1.82) is 0 Å². The van der Waals surface area contributed by atoms with Crippen LogP contribution in [0.5, 0.6) is 5.88 Å². The van der Waals surface area contributed by atoms with Crippen molar-refractivity contribution in [2.45, 2.75) is 6.10 Å². The summed E-state index contributed by atoms with van der Waals surface area (Å²) in [5, 5.41) is 12.0. The Bertz CT molecular complexity index is 855. The van der Waals surface area contributed by atoms with Gasteiger partial charge in [0.1, 0.15) is 10.6 Å². The Kier molecular flexibility index (Phi) is 5.02. The molecule has 1 heterocycles. The van der Waals surface area contributed by atoms with Gasteiger partial charge in [-0.3, -0.25) is 0 Å². The standard InChI is InChI=1S/C16H11BrCl2N2O2/c17-13-14(18)20-16(19)21-15(13)23-12(8-22)11-7-3-5-9-4-1-2-6-10(9)11/h1-7,12,22H,8H2. The highest BCUT2D eigenvalue weighted by Crippen LogP contribution is 2.34. The smallest absolute Gasteiger partial charge is 0.234 e. The number of nitrogens with zero attached hydrogens (tertiary/aromatic N) is 2. The second-order valence-corrected chi connectivity index (χ2v) is 6.25. The van der Waals surface area contributed by atoms with Crippen molar-refractivity contribution in [3.05, 3.63) is 62.9 Å². The zero-order chi connectivity index (χ0) is 16.4. The van der Waals surface area contributed by atoms with Gasteiger partial charge in [-0.1, -0.05) is 54.1 Å². The quantitative estimate of drug-likeness (QED) is 0.492. The molecule has 0 saturated carbocycles. The van der Waals surface area contributed by atoms with Gasteiger partial charge in [-0.05, 0) is 38.3 Å². The summed E-state index contributed by atoms with van der Waals surface area (Å²) in [7, 11) is 0. The fourth-order valence-electron chi connectivity index (χ4n) is 2.32. The molecule has 7 heteroatoms. The summed E-state index contributed by atoms with van der Waals surface area (Å²) < 4.78 is 6.22. The van der Waals surface area contributed by atoms with Gasteiger partial charge in [-0.15, -0.1) is 0 Å². The van der Waals surface area contributed by atoms with E-state index < -0.39 is 6.10 Å². The van der Waals surface area contributed by atoms with Crippen molar-refractivity contribution in [3.63, 3.8) is 0 Å². The van der Waals surface area contributed by atoms with Crippen LogP contribution >= 0.6 is 39.1 Å². The molecule has 0 radical (unpaired) electrons. The number of ether oxygens (including phenoxy) is 1. The zero-order valence-corrected chi connectivity index (χ0v) is 14.8. The van der Waals surface area contributed by atoms with Crippen LogP contribution in [0.3, 0.4) is 0 Å². The number of aliphatic hydroxyl groups excluding tert-OH is 1. The van der Waals surface area contributed by atoms with Crippen molar-refractivity contribution in [2.24, 2.45) is 0 Å². The number of aliphatic hydroxyl groups is 1. The molecular formula is C16H11BrCl2N2O2. The van der Waals surface area contributed by atoms with E-state index in [4.69, 9.17) is 27.9 Å². The lowest BCUT2D eigenvalue weighted by Crippen LogP contribution is -2.14. The van der Waals surface area contributed by atoms with Gasteiger partial charge in [0.25, 0.3) is 0 Å². The number of halogens is 3. The van der Waals surface area contributed by atoms with Crippen LogP contribution in [0.2, 0.25) is 10.4 Å². The molecule has 0 amide bonds. The molecule has 23 heavy (non-hydrogen) atoms. The molecule has 1 aromatic heterocycles. The summed E-state index contributed by atoms with van der Waals surface area (Å²) in [6, 6.07) is 13.7. The minimum absolute atomic E-state index is 0.0252. The summed E-state index contributed by atoms with van der Waals surface area (Å²) in [5.41, 5.74) is 0.850. The molecule has 2 aromatic carbocycles. The number of benzene rings is 2. The van der Waals surface area contributed by atoms with Crippen molar-refractivity contribution in [1.82, 2.24) is 9.97 Å². The summed E-state index contributed by atoms with van der Waals surface area (Å²) in [6.45, 7) is -0.223. The molecular weight excluding hydrogens is 403 g/mol. The van der Waals surface area contributed by atoms with Crippen LogP contribution in [-0.2, 0) is 0 Å². The second kappa shape index (κ2) is 7.01. The second-order valence-electron chi connectivity index (χ2n) is 4.76. The van der Waals surface area contributed by atoms with Crippen LogP contribution < -0.4 is 4.74 Å². The molecule has 0 bridgehead atoms. The number of fused-ring (bicyclic) bond motifs is 1. The van der Waals surface area contributed by atoms with Crippen molar-refractivity contribution in [3.8, 4) is 5.88 Å². The topological polar surface area (TPSA) is 55.2 Å². The molecule has 0 aliphatic heterocycles. The first-order valence-corrected chi connectivity index (χ1v) is 8.28. The molecule has 1 atom stereocenters. The van der Waals surface area contributed by atoms with Crippen molar-refractivity contribution < 1.29 is 9.84 Å². The Morgan fingerprint density at radius 1 is 1.09 bits per heavy atom. The third kappa shape index (κ3) is 3.43. The highest BCUT2D eigenvalue weighted by atomic mass is 79.9. The summed E-state index contributed by atoms with van der Waals surface area (Å²) in [5.74, 6) is 0.182. The fraction of sp³-hybridized carbons (Fsp3) is 0.125. The molecule has 1 unspecified atom stereocenters. The predicted octanol–water partition coefficient (Wildman–Crippen LogP) is 4.81. The molecule has 0 spiro atoms. The summed E-state index contributed by atoms with van der Waals surface area (Å²) >= 11 is 15.1. The average Bonchev–Trinajstić information content (AvgIpc) is 2.56. The first kappa shape index (κ1) is 16.5. The van der Waals surface area contributed by atoms with Crippen LogP contribution in [0, 0.1) is 0 Å². The monoisotopic (exact) mass is 412 g/mol. The average molecular weight is 414 g/mol. The van der Waals surface area contributed by atoms with E-state index in [9.17, 15) is 5.11 Å². The van der Waals surface area contributed by atoms with Gasteiger partial charge < -0.3 is 9.84 Å². The molecule has 3 rings (SSSR count). The largest absolute Gasteiger partial charge is 0.466 e. The molecule has 0 aliphatic carbocycles. The maximum Gasteiger partial charge on any atom is 0.234 e. The number of hydrogen-bond acceptors (Lipinski definition) is 4. The summed E-state index contributed by atoms with van der Waals surface area (Å²) in [6.07, 6.45) is -0.612. The Hall–Kier alpha value is -1.40. The maximum atomic E-state index is 9.78. The van der Waals surface area contributed by atoms with E-state index in [0.717, 1.165) is 16.3 Å². The normalized spacial score (nSPS) is 12.3. The van der Waals surface area contributed by atoms with E-state index in [1.807, 2.05) is 42.5 Å². The lowest BCUT2D eigenvalue weighted by molar-refractivity contribution is 0.112. The van der Waals surface area contributed by atoms with Crippen LogP contribution in [-0.4, -0.2) is 21.7 Å². The highest BCUT2D eigenvalue weighted by molar-refractivity contribution is 9.10. The van der Waals surface area contributed by atoms with Gasteiger partial charge in [0.15, 0.2) is 5.15 Å². The van der Waals surface area contributed by atoms with Crippen LogP contribution in [0.15, 0.2) is 46.9 Å². The van der Waals surface area contributed by atoms with Crippen molar-refractivity contribution >= 4 is 49.9 Å². The minimum Gasteiger partial charge on any atom is -0.466 e. The third-order valence-electron chi connectivity index (χ3n) is 3.34. The third-order valence-corrected chi connectivity index (χ3v) is 4.73. The predicted molar refractivity (Wildman–Crippen MR) is 94.2 cm³/mol. The molecule has 118 valence electrons. The van der Waals surface area contributed by atoms with Crippen LogP contribution in [0.25, 0.3) is 10.8 Å². The SMILES string of the molecule is OCC(Oc1nc(Cl)nc(Cl)c1Br)c1cccc2ccccc12. The Balaban J connectivity index is 2.03. The number of aromatic nitrogens is 2. The van der Waals surface area contributed by atoms with E-state index in [-0.39, 0.29) is 22.9 Å². The molecule has 3 aromatic rings. The maximum absolute atomic E-state index is 9.78. The Morgan fingerprint density at radius 3 is 2.61 bits per heavy atom. The number of rotatable bonds is 4. The first-order chi connectivity index (χ1) is 11.1. The van der Waals surface area contributed by atoms with E-state index in [1.54, 1.807) is 0 Å². The zero-order valence-electron chi connectivity index (χ0n) is 11.7. The fourth-order valence-corrected chi connectivity index (χ4v) is 2.96. The van der Waals surface area contributed by atoms with Crippen LogP contribution in [0.1, 0.15) is 11.7 Å². The van der Waals surface area contributed by atoms with Crippen molar-refractivity contribution in [2.75, 3.05) is 6.61 Å². The van der Waals surface area contributed by atoms with Gasteiger partial charge in [0.2, 0.25) is 11.2 Å². The summed E-state index contributed by atoms with van der Waals surface area (Å²) in [4.78, 5) is 7.84. The van der Waals surface area contributed by atoms with E-state index in [1.165, 1.54) is 0 Å². The lowest BCUT2D eigenvalue weighted by atomic mass is 10.0. The van der Waals surface area contributed by atoms with Gasteiger partial charge >= 0.3 is 0 Å². The Morgan fingerprint density at radius 2 is 1.83 bits per heavy atom. The highest BCUT2D eigenvalue weighted by Gasteiger charge is 2.19. The first-order valence-electron chi connectivity index (χ1n) is 6.74. The molecule has 0 fully saturated rings. The van der Waals surface area contributed by atoms with Gasteiger partial charge in [0.05, 0.1) is 6.61 Å². The minimum atomic E-state index is -0.612. The van der Waals surface area contributed by atoms with E-state index in [0.29, 0.717) is 4.47 Å². The van der Waals surface area contributed by atoms with Gasteiger partial charge in [-0.25, -0.2) is 4.98 Å². The van der Waals surface area contributed by atoms with Crippen LogP contribution in [0.4, 0.5) is 0 Å². The van der Waals surface area contributed by atoms with Gasteiger partial charge in [0, 0.05) is 5.56 Å². The number of hydrogen-bond donors (Lipinski definition) is 1. The molecule has 4 nitrogen and oxygen atoms in total. The lowest BCUT2D eigenvalue weighted by Gasteiger charge is -2.19. The van der Waals surface area contributed by atoms with E-state index >= 15 is 0 Å².